The molecule has 2 aromatic rings. The second-order valence-electron chi connectivity index (χ2n) is 6.06. The van der Waals surface area contributed by atoms with Crippen molar-refractivity contribution >= 4 is 23.2 Å². The molecule has 0 aromatic heterocycles. The molecule has 1 amide bonds. The number of hydrogen-bond donors (Lipinski definition) is 1. The van der Waals surface area contributed by atoms with E-state index in [2.05, 4.69) is 18.3 Å². The number of carbonyl (C=O) groups is 1. The largest absolute Gasteiger partial charge is 0.454 e. The van der Waals surface area contributed by atoms with Crippen molar-refractivity contribution in [2.24, 2.45) is 0 Å². The highest BCUT2D eigenvalue weighted by molar-refractivity contribution is 6.31. The number of hydrogen-bond acceptors (Lipinski definition) is 3. The van der Waals surface area contributed by atoms with Crippen LogP contribution in [-0.2, 0) is 4.79 Å². The van der Waals surface area contributed by atoms with Gasteiger partial charge in [0.15, 0.2) is 11.5 Å². The minimum absolute atomic E-state index is 0.000475. The minimum atomic E-state index is -0.0833. The first kappa shape index (κ1) is 14.4. The predicted octanol–water partition coefficient (Wildman–Crippen LogP) is 4.16. The number of fused-ring (bicyclic) bond motifs is 2. The van der Waals surface area contributed by atoms with E-state index in [0.29, 0.717) is 22.9 Å². The highest BCUT2D eigenvalue weighted by Crippen LogP contribution is 2.45. The van der Waals surface area contributed by atoms with Crippen LogP contribution < -0.4 is 14.8 Å². The van der Waals surface area contributed by atoms with Crippen LogP contribution in [0.15, 0.2) is 24.3 Å². The van der Waals surface area contributed by atoms with Gasteiger partial charge in [-0.05, 0) is 48.2 Å². The molecule has 0 fully saturated rings. The van der Waals surface area contributed by atoms with Gasteiger partial charge in [0.1, 0.15) is 0 Å². The normalized spacial score (nSPS) is 18.6. The lowest BCUT2D eigenvalue weighted by atomic mass is 9.83. The van der Waals surface area contributed by atoms with Crippen LogP contribution in [0.25, 0.3) is 0 Å². The van der Waals surface area contributed by atoms with Crippen molar-refractivity contribution in [2.45, 2.75) is 26.2 Å². The average molecular weight is 330 g/mol. The molecule has 0 spiro atoms. The molecule has 0 saturated heterocycles. The topological polar surface area (TPSA) is 47.6 Å². The minimum Gasteiger partial charge on any atom is -0.454 e. The average Bonchev–Trinajstić information content (AvgIpc) is 2.94. The monoisotopic (exact) mass is 329 g/mol. The van der Waals surface area contributed by atoms with E-state index in [9.17, 15) is 4.79 Å². The summed E-state index contributed by atoms with van der Waals surface area (Å²) in [5.41, 5.74) is 5.20. The molecule has 2 heterocycles. The van der Waals surface area contributed by atoms with Crippen molar-refractivity contribution < 1.29 is 14.3 Å². The number of amides is 1. The fourth-order valence-electron chi connectivity index (χ4n) is 3.21. The third kappa shape index (κ3) is 2.34. The number of rotatable bonds is 1. The van der Waals surface area contributed by atoms with Gasteiger partial charge in [-0.1, -0.05) is 17.7 Å². The van der Waals surface area contributed by atoms with Crippen molar-refractivity contribution in [2.75, 3.05) is 12.1 Å². The zero-order valence-corrected chi connectivity index (χ0v) is 13.7. The van der Waals surface area contributed by atoms with E-state index in [-0.39, 0.29) is 18.6 Å². The van der Waals surface area contributed by atoms with Crippen LogP contribution in [-0.4, -0.2) is 12.7 Å². The maximum Gasteiger partial charge on any atom is 0.231 e. The van der Waals surface area contributed by atoms with Crippen LogP contribution in [0.1, 0.15) is 34.6 Å². The zero-order valence-electron chi connectivity index (χ0n) is 12.9. The summed E-state index contributed by atoms with van der Waals surface area (Å²) in [6.07, 6.45) is 0.370. The van der Waals surface area contributed by atoms with Crippen molar-refractivity contribution in [1.82, 2.24) is 0 Å². The van der Waals surface area contributed by atoms with Gasteiger partial charge in [-0.3, -0.25) is 4.79 Å². The van der Waals surface area contributed by atoms with Crippen molar-refractivity contribution in [3.05, 3.63) is 51.5 Å². The molecule has 1 atom stereocenters. The lowest BCUT2D eigenvalue weighted by molar-refractivity contribution is -0.116. The van der Waals surface area contributed by atoms with Crippen LogP contribution in [0.3, 0.4) is 0 Å². The summed E-state index contributed by atoms with van der Waals surface area (Å²) in [6.45, 7) is 4.32. The van der Waals surface area contributed by atoms with Gasteiger partial charge in [-0.25, -0.2) is 0 Å². The van der Waals surface area contributed by atoms with E-state index in [1.54, 1.807) is 6.07 Å². The molecule has 0 radical (unpaired) electrons. The van der Waals surface area contributed by atoms with Gasteiger partial charge in [0, 0.05) is 29.1 Å². The number of carbonyl (C=O) groups excluding carboxylic acids is 1. The van der Waals surface area contributed by atoms with E-state index >= 15 is 0 Å². The van der Waals surface area contributed by atoms with Gasteiger partial charge >= 0.3 is 0 Å². The Balaban J connectivity index is 1.87. The van der Waals surface area contributed by atoms with Crippen LogP contribution in [0.5, 0.6) is 11.5 Å². The van der Waals surface area contributed by atoms with Crippen LogP contribution in [0.4, 0.5) is 5.69 Å². The summed E-state index contributed by atoms with van der Waals surface area (Å²) in [5.74, 6) is 1.25. The fraction of sp³-hybridized carbons (Fsp3) is 0.278. The first-order valence-electron chi connectivity index (χ1n) is 7.53. The van der Waals surface area contributed by atoms with Gasteiger partial charge in [-0.15, -0.1) is 0 Å². The lowest BCUT2D eigenvalue weighted by Gasteiger charge is -2.28. The maximum atomic E-state index is 12.1. The number of benzene rings is 2. The Morgan fingerprint density at radius 2 is 1.74 bits per heavy atom. The van der Waals surface area contributed by atoms with Crippen LogP contribution in [0, 0.1) is 13.8 Å². The molecule has 5 heteroatoms. The molecule has 0 saturated carbocycles. The zero-order chi connectivity index (χ0) is 16.1. The lowest BCUT2D eigenvalue weighted by Crippen LogP contribution is -2.24. The number of anilines is 1. The molecule has 0 unspecified atom stereocenters. The molecule has 2 aliphatic rings. The summed E-state index contributed by atoms with van der Waals surface area (Å²) in [6, 6.07) is 7.82. The third-order valence-electron chi connectivity index (χ3n) is 4.57. The Morgan fingerprint density at radius 1 is 1.04 bits per heavy atom. The first-order valence-corrected chi connectivity index (χ1v) is 7.91. The van der Waals surface area contributed by atoms with Gasteiger partial charge in [-0.2, -0.15) is 0 Å². The molecule has 0 aliphatic carbocycles. The molecule has 2 aliphatic heterocycles. The van der Waals surface area contributed by atoms with Gasteiger partial charge in [0.2, 0.25) is 12.7 Å². The van der Waals surface area contributed by atoms with E-state index in [1.807, 2.05) is 19.1 Å². The summed E-state index contributed by atoms with van der Waals surface area (Å²) < 4.78 is 10.8. The summed E-state index contributed by atoms with van der Waals surface area (Å²) in [4.78, 5) is 12.1. The molecular formula is C18H16ClNO3. The molecule has 1 N–H and O–H groups in total. The maximum absolute atomic E-state index is 12.1. The fourth-order valence-corrected chi connectivity index (χ4v) is 3.49. The molecule has 23 heavy (non-hydrogen) atoms. The SMILES string of the molecule is Cc1cc2c(cc1C)[C@H](c1cc3c(cc1Cl)OCO3)CC(=O)N2. The van der Waals surface area contributed by atoms with E-state index in [1.165, 1.54) is 5.56 Å². The quantitative estimate of drug-likeness (QED) is 0.854. The van der Waals surface area contributed by atoms with E-state index in [0.717, 1.165) is 22.4 Å². The van der Waals surface area contributed by atoms with Crippen molar-refractivity contribution in [3.63, 3.8) is 0 Å². The van der Waals surface area contributed by atoms with Crippen molar-refractivity contribution in [1.29, 1.82) is 0 Å². The second kappa shape index (κ2) is 5.17. The smallest absolute Gasteiger partial charge is 0.231 e. The Bertz CT molecular complexity index is 832. The molecule has 4 nitrogen and oxygen atoms in total. The van der Waals surface area contributed by atoms with Crippen molar-refractivity contribution in [3.8, 4) is 11.5 Å². The molecule has 4 rings (SSSR count). The standard InChI is InChI=1S/C18H16ClNO3/c1-9-3-13-11(6-18(21)20-15(13)4-10(9)2)12-5-16-17(7-14(12)19)23-8-22-16/h3-5,7,11H,6,8H2,1-2H3,(H,20,21)/t11-/m0/s1. The Morgan fingerprint density at radius 3 is 2.52 bits per heavy atom. The summed E-state index contributed by atoms with van der Waals surface area (Å²) in [5, 5.41) is 3.56. The Hall–Kier alpha value is -2.20. The molecule has 0 bridgehead atoms. The molecule has 118 valence electrons. The van der Waals surface area contributed by atoms with E-state index in [4.69, 9.17) is 21.1 Å². The highest BCUT2D eigenvalue weighted by atomic mass is 35.5. The van der Waals surface area contributed by atoms with Gasteiger partial charge < -0.3 is 14.8 Å². The summed E-state index contributed by atoms with van der Waals surface area (Å²) in [7, 11) is 0. The molecule has 2 aromatic carbocycles. The molecular weight excluding hydrogens is 314 g/mol. The van der Waals surface area contributed by atoms with Crippen LogP contribution in [0.2, 0.25) is 5.02 Å². The number of halogens is 1. The Kier molecular flexibility index (Phi) is 3.23. The van der Waals surface area contributed by atoms with Crippen LogP contribution >= 0.6 is 11.6 Å². The Labute approximate surface area is 139 Å². The number of ether oxygens (including phenoxy) is 2. The van der Waals surface area contributed by atoms with E-state index < -0.39 is 0 Å². The number of aryl methyl sites for hydroxylation is 2. The number of nitrogens with one attached hydrogen (secondary N) is 1. The highest BCUT2D eigenvalue weighted by Gasteiger charge is 2.30. The van der Waals surface area contributed by atoms with Gasteiger partial charge in [0.25, 0.3) is 0 Å². The first-order chi connectivity index (χ1) is 11.0. The van der Waals surface area contributed by atoms with Gasteiger partial charge in [0.05, 0.1) is 0 Å². The second-order valence-corrected chi connectivity index (χ2v) is 6.46. The summed E-state index contributed by atoms with van der Waals surface area (Å²) >= 11 is 6.46. The third-order valence-corrected chi connectivity index (χ3v) is 4.90. The predicted molar refractivity (Wildman–Crippen MR) is 88.6 cm³/mol.